The molecule has 19 heavy (non-hydrogen) atoms. The number of hydrogen-bond donors (Lipinski definition) is 0. The lowest BCUT2D eigenvalue weighted by Gasteiger charge is -2.27. The second-order valence-corrected chi connectivity index (χ2v) is 10.7. The SMILES string of the molecule is Cc1cc(OCCOCC(C)(C)[SiH](C)C)ccc1Br. The monoisotopic (exact) mass is 344 g/mol. The third-order valence-corrected chi connectivity index (χ3v) is 7.85. The van der Waals surface area contributed by atoms with Crippen molar-refractivity contribution in [3.8, 4) is 5.75 Å². The van der Waals surface area contributed by atoms with Crippen molar-refractivity contribution in [3.63, 3.8) is 0 Å². The maximum absolute atomic E-state index is 5.74. The normalized spacial score (nSPS) is 11.9. The maximum atomic E-state index is 5.74. The Bertz CT molecular complexity index is 405. The van der Waals surface area contributed by atoms with Gasteiger partial charge in [-0.05, 0) is 35.7 Å². The largest absolute Gasteiger partial charge is 0.491 e. The molecule has 0 amide bonds. The number of ether oxygens (including phenoxy) is 2. The Kier molecular flexibility index (Phi) is 6.57. The molecule has 0 saturated heterocycles. The van der Waals surface area contributed by atoms with Crippen molar-refractivity contribution in [1.29, 1.82) is 0 Å². The minimum atomic E-state index is -0.674. The zero-order valence-electron chi connectivity index (χ0n) is 12.6. The molecule has 0 fully saturated rings. The Hall–Kier alpha value is -0.323. The van der Waals surface area contributed by atoms with Crippen molar-refractivity contribution in [3.05, 3.63) is 28.2 Å². The van der Waals surface area contributed by atoms with E-state index >= 15 is 0 Å². The van der Waals surface area contributed by atoms with Crippen LogP contribution in [0.4, 0.5) is 0 Å². The number of halogens is 1. The van der Waals surface area contributed by atoms with Gasteiger partial charge in [-0.1, -0.05) is 42.9 Å². The summed E-state index contributed by atoms with van der Waals surface area (Å²) in [4.78, 5) is 0. The second-order valence-electron chi connectivity index (χ2n) is 5.96. The fraction of sp³-hybridized carbons (Fsp3) is 0.600. The minimum absolute atomic E-state index is 0.355. The number of aryl methyl sites for hydroxylation is 1. The summed E-state index contributed by atoms with van der Waals surface area (Å²) in [5.74, 6) is 0.904. The van der Waals surface area contributed by atoms with Crippen molar-refractivity contribution >= 4 is 24.7 Å². The van der Waals surface area contributed by atoms with Crippen LogP contribution in [0, 0.1) is 6.92 Å². The first-order chi connectivity index (χ1) is 8.83. The predicted molar refractivity (Wildman–Crippen MR) is 88.1 cm³/mol. The summed E-state index contributed by atoms with van der Waals surface area (Å²) in [6.45, 7) is 13.5. The molecule has 2 nitrogen and oxygen atoms in total. The fourth-order valence-corrected chi connectivity index (χ4v) is 2.13. The summed E-state index contributed by atoms with van der Waals surface area (Å²) in [7, 11) is -0.674. The Morgan fingerprint density at radius 3 is 2.47 bits per heavy atom. The van der Waals surface area contributed by atoms with Gasteiger partial charge in [0.2, 0.25) is 0 Å². The smallest absolute Gasteiger partial charge is 0.119 e. The zero-order valence-corrected chi connectivity index (χ0v) is 15.4. The van der Waals surface area contributed by atoms with E-state index in [-0.39, 0.29) is 0 Å². The topological polar surface area (TPSA) is 18.5 Å². The molecule has 0 heterocycles. The Morgan fingerprint density at radius 2 is 1.89 bits per heavy atom. The Balaban J connectivity index is 2.26. The van der Waals surface area contributed by atoms with Crippen LogP contribution >= 0.6 is 15.9 Å². The summed E-state index contributed by atoms with van der Waals surface area (Å²) < 4.78 is 12.5. The van der Waals surface area contributed by atoms with Crippen LogP contribution in [0.3, 0.4) is 0 Å². The lowest BCUT2D eigenvalue weighted by molar-refractivity contribution is 0.0847. The van der Waals surface area contributed by atoms with E-state index in [1.165, 1.54) is 5.56 Å². The molecular weight excluding hydrogens is 320 g/mol. The van der Waals surface area contributed by atoms with Gasteiger partial charge in [-0.3, -0.25) is 0 Å². The average Bonchev–Trinajstić information content (AvgIpc) is 2.33. The molecular formula is C15H25BrO2Si. The second kappa shape index (κ2) is 7.46. The molecule has 1 aromatic rings. The first kappa shape index (κ1) is 16.7. The Morgan fingerprint density at radius 1 is 1.21 bits per heavy atom. The highest BCUT2D eigenvalue weighted by Crippen LogP contribution is 2.28. The van der Waals surface area contributed by atoms with Crippen molar-refractivity contribution in [2.75, 3.05) is 19.8 Å². The van der Waals surface area contributed by atoms with Gasteiger partial charge in [-0.2, -0.15) is 0 Å². The van der Waals surface area contributed by atoms with E-state index in [0.717, 1.165) is 16.8 Å². The first-order valence-electron chi connectivity index (χ1n) is 6.79. The van der Waals surface area contributed by atoms with E-state index in [1.54, 1.807) is 0 Å². The highest BCUT2D eigenvalue weighted by atomic mass is 79.9. The van der Waals surface area contributed by atoms with Crippen molar-refractivity contribution in [2.45, 2.75) is 38.9 Å². The zero-order chi connectivity index (χ0) is 14.5. The van der Waals surface area contributed by atoms with Crippen LogP contribution in [0.15, 0.2) is 22.7 Å². The molecule has 1 aromatic carbocycles. The number of rotatable bonds is 7. The van der Waals surface area contributed by atoms with Gasteiger partial charge in [0.25, 0.3) is 0 Å². The van der Waals surface area contributed by atoms with Gasteiger partial charge < -0.3 is 9.47 Å². The van der Waals surface area contributed by atoms with Crippen molar-refractivity contribution in [1.82, 2.24) is 0 Å². The minimum Gasteiger partial charge on any atom is -0.491 e. The standard InChI is InChI=1S/C15H25BrO2Si/c1-12-10-13(6-7-14(12)16)18-9-8-17-11-15(2,3)19(4)5/h6-7,10,19H,8-9,11H2,1-5H3. The third-order valence-electron chi connectivity index (χ3n) is 3.66. The molecule has 0 aliphatic carbocycles. The fourth-order valence-electron chi connectivity index (χ4n) is 1.43. The molecule has 0 radical (unpaired) electrons. The van der Waals surface area contributed by atoms with E-state index < -0.39 is 8.80 Å². The molecule has 0 N–H and O–H groups in total. The highest BCUT2D eigenvalue weighted by Gasteiger charge is 2.23. The van der Waals surface area contributed by atoms with Crippen LogP contribution in [0.1, 0.15) is 19.4 Å². The van der Waals surface area contributed by atoms with Crippen molar-refractivity contribution < 1.29 is 9.47 Å². The molecule has 0 bridgehead atoms. The third kappa shape index (κ3) is 5.67. The molecule has 0 unspecified atom stereocenters. The van der Waals surface area contributed by atoms with Gasteiger partial charge in [0, 0.05) is 19.9 Å². The number of benzene rings is 1. The van der Waals surface area contributed by atoms with Gasteiger partial charge in [0.15, 0.2) is 0 Å². The Labute approximate surface area is 127 Å². The molecule has 4 heteroatoms. The van der Waals surface area contributed by atoms with E-state index in [1.807, 2.05) is 18.2 Å². The van der Waals surface area contributed by atoms with Crippen LogP contribution in [0.25, 0.3) is 0 Å². The number of hydrogen-bond acceptors (Lipinski definition) is 2. The molecule has 0 atom stereocenters. The average molecular weight is 345 g/mol. The van der Waals surface area contributed by atoms with Gasteiger partial charge >= 0.3 is 0 Å². The van der Waals surface area contributed by atoms with Gasteiger partial charge in [0.1, 0.15) is 12.4 Å². The van der Waals surface area contributed by atoms with Gasteiger partial charge in [0.05, 0.1) is 6.61 Å². The van der Waals surface area contributed by atoms with Gasteiger partial charge in [-0.25, -0.2) is 0 Å². The van der Waals surface area contributed by atoms with E-state index in [2.05, 4.69) is 49.8 Å². The summed E-state index contributed by atoms with van der Waals surface area (Å²) in [5, 5.41) is 0.355. The summed E-state index contributed by atoms with van der Waals surface area (Å²) in [6, 6.07) is 6.02. The quantitative estimate of drug-likeness (QED) is 0.538. The van der Waals surface area contributed by atoms with Crippen LogP contribution in [0.5, 0.6) is 5.75 Å². The summed E-state index contributed by atoms with van der Waals surface area (Å²) >= 11 is 3.48. The van der Waals surface area contributed by atoms with E-state index in [0.29, 0.717) is 18.3 Å². The first-order valence-corrected chi connectivity index (χ1v) is 10.5. The van der Waals surface area contributed by atoms with Crippen molar-refractivity contribution in [2.24, 2.45) is 0 Å². The van der Waals surface area contributed by atoms with Gasteiger partial charge in [-0.15, -0.1) is 0 Å². The molecule has 1 rings (SSSR count). The summed E-state index contributed by atoms with van der Waals surface area (Å²) in [5.41, 5.74) is 1.19. The summed E-state index contributed by atoms with van der Waals surface area (Å²) in [6.07, 6.45) is 0. The molecule has 0 spiro atoms. The predicted octanol–water partition coefficient (Wildman–Crippen LogP) is 4.42. The lowest BCUT2D eigenvalue weighted by atomic mass is 10.2. The van der Waals surface area contributed by atoms with Crippen LogP contribution < -0.4 is 4.74 Å². The van der Waals surface area contributed by atoms with Crippen LogP contribution in [-0.2, 0) is 4.74 Å². The van der Waals surface area contributed by atoms with E-state index in [4.69, 9.17) is 9.47 Å². The van der Waals surface area contributed by atoms with E-state index in [9.17, 15) is 0 Å². The molecule has 0 saturated carbocycles. The highest BCUT2D eigenvalue weighted by molar-refractivity contribution is 9.10. The maximum Gasteiger partial charge on any atom is 0.119 e. The lowest BCUT2D eigenvalue weighted by Crippen LogP contribution is -2.27. The van der Waals surface area contributed by atoms with Crippen LogP contribution in [0.2, 0.25) is 18.1 Å². The molecule has 108 valence electrons. The molecule has 0 aromatic heterocycles. The molecule has 0 aliphatic rings. The molecule has 0 aliphatic heterocycles. The van der Waals surface area contributed by atoms with Crippen LogP contribution in [-0.4, -0.2) is 28.6 Å².